The summed E-state index contributed by atoms with van der Waals surface area (Å²) in [5.74, 6) is 0.427. The van der Waals surface area contributed by atoms with E-state index in [0.717, 1.165) is 35.3 Å². The molecule has 27 heavy (non-hydrogen) atoms. The molecule has 0 saturated heterocycles. The number of aromatic nitrogens is 3. The summed E-state index contributed by atoms with van der Waals surface area (Å²) in [6.07, 6.45) is 5.97. The highest BCUT2D eigenvalue weighted by Gasteiger charge is 2.33. The first-order valence-electron chi connectivity index (χ1n) is 8.97. The van der Waals surface area contributed by atoms with Crippen molar-refractivity contribution in [1.29, 1.82) is 0 Å². The Kier molecular flexibility index (Phi) is 4.09. The van der Waals surface area contributed by atoms with Gasteiger partial charge in [0.2, 0.25) is 5.91 Å². The smallest absolute Gasteiger partial charge is 0.257 e. The Morgan fingerprint density at radius 3 is 2.93 bits per heavy atom. The molecule has 0 unspecified atom stereocenters. The predicted octanol–water partition coefficient (Wildman–Crippen LogP) is 3.76. The lowest BCUT2D eigenvalue weighted by Gasteiger charge is -2.21. The molecule has 3 aromatic heterocycles. The maximum Gasteiger partial charge on any atom is 0.257 e. The van der Waals surface area contributed by atoms with Crippen molar-refractivity contribution in [2.75, 3.05) is 5.75 Å². The summed E-state index contributed by atoms with van der Waals surface area (Å²) >= 11 is 1.35. The standard InChI is InChI=1S/C20H18N4O2S/c25-19(13-27-20-22-16-5-1-2-6-17(16)26-20)24(14-8-9-14)12-15-11-21-18-7-3-4-10-23(15)18/h1-7,10-11,14H,8-9,12-13H2. The van der Waals surface area contributed by atoms with Gasteiger partial charge in [-0.3, -0.25) is 4.79 Å². The second-order valence-electron chi connectivity index (χ2n) is 6.67. The molecule has 0 atom stereocenters. The lowest BCUT2D eigenvalue weighted by Crippen LogP contribution is -2.34. The van der Waals surface area contributed by atoms with E-state index >= 15 is 0 Å². The maximum absolute atomic E-state index is 12.9. The SMILES string of the molecule is O=C(CSc1nc2ccccc2o1)N(Cc1cnc2ccccn12)C1CC1. The van der Waals surface area contributed by atoms with Crippen molar-refractivity contribution >= 4 is 34.4 Å². The average Bonchev–Trinajstić information content (AvgIpc) is 3.32. The quantitative estimate of drug-likeness (QED) is 0.478. The summed E-state index contributed by atoms with van der Waals surface area (Å²) in [6.45, 7) is 0.572. The highest BCUT2D eigenvalue weighted by Crippen LogP contribution is 2.30. The van der Waals surface area contributed by atoms with Crippen molar-refractivity contribution in [3.8, 4) is 0 Å². The number of hydrogen-bond donors (Lipinski definition) is 0. The Morgan fingerprint density at radius 1 is 1.22 bits per heavy atom. The van der Waals surface area contributed by atoms with E-state index in [0.29, 0.717) is 23.6 Å². The van der Waals surface area contributed by atoms with Gasteiger partial charge in [-0.2, -0.15) is 0 Å². The van der Waals surface area contributed by atoms with E-state index in [1.54, 1.807) is 0 Å². The molecule has 0 radical (unpaired) electrons. The molecule has 0 N–H and O–H groups in total. The molecule has 4 aromatic rings. The van der Waals surface area contributed by atoms with E-state index in [4.69, 9.17) is 4.42 Å². The molecule has 1 amide bonds. The third kappa shape index (κ3) is 3.30. The monoisotopic (exact) mass is 378 g/mol. The third-order valence-electron chi connectivity index (χ3n) is 4.73. The minimum atomic E-state index is 0.107. The predicted molar refractivity (Wildman–Crippen MR) is 103 cm³/mol. The summed E-state index contributed by atoms with van der Waals surface area (Å²) in [4.78, 5) is 23.7. The van der Waals surface area contributed by atoms with E-state index < -0.39 is 0 Å². The zero-order valence-corrected chi connectivity index (χ0v) is 15.4. The Bertz CT molecular complexity index is 1080. The molecule has 0 bridgehead atoms. The molecule has 1 saturated carbocycles. The number of carbonyl (C=O) groups is 1. The fourth-order valence-electron chi connectivity index (χ4n) is 3.20. The van der Waals surface area contributed by atoms with Crippen LogP contribution in [0.25, 0.3) is 16.7 Å². The van der Waals surface area contributed by atoms with Crippen LogP contribution in [0.15, 0.2) is 64.5 Å². The van der Waals surface area contributed by atoms with Gasteiger partial charge >= 0.3 is 0 Å². The van der Waals surface area contributed by atoms with Gasteiger partial charge in [0.25, 0.3) is 5.22 Å². The van der Waals surface area contributed by atoms with Crippen LogP contribution in [-0.2, 0) is 11.3 Å². The Balaban J connectivity index is 1.30. The summed E-state index contributed by atoms with van der Waals surface area (Å²) in [5.41, 5.74) is 3.49. The van der Waals surface area contributed by atoms with Crippen molar-refractivity contribution in [3.05, 3.63) is 60.6 Å². The maximum atomic E-state index is 12.9. The van der Waals surface area contributed by atoms with Gasteiger partial charge in [-0.25, -0.2) is 9.97 Å². The van der Waals surface area contributed by atoms with Crippen LogP contribution in [0.1, 0.15) is 18.5 Å². The van der Waals surface area contributed by atoms with E-state index in [9.17, 15) is 4.79 Å². The van der Waals surface area contributed by atoms with Crippen LogP contribution < -0.4 is 0 Å². The number of thioether (sulfide) groups is 1. The van der Waals surface area contributed by atoms with E-state index in [2.05, 4.69) is 9.97 Å². The summed E-state index contributed by atoms with van der Waals surface area (Å²) in [5, 5.41) is 0.537. The minimum Gasteiger partial charge on any atom is -0.431 e. The van der Waals surface area contributed by atoms with Gasteiger partial charge in [-0.1, -0.05) is 30.0 Å². The fraction of sp³-hybridized carbons (Fsp3) is 0.250. The second-order valence-corrected chi connectivity index (χ2v) is 7.59. The number of pyridine rings is 1. The largest absolute Gasteiger partial charge is 0.431 e. The van der Waals surface area contributed by atoms with E-state index in [-0.39, 0.29) is 5.91 Å². The van der Waals surface area contributed by atoms with Crippen LogP contribution in [0.3, 0.4) is 0 Å². The van der Waals surface area contributed by atoms with Crippen LogP contribution >= 0.6 is 11.8 Å². The van der Waals surface area contributed by atoms with Gasteiger partial charge < -0.3 is 13.7 Å². The molecule has 3 heterocycles. The second kappa shape index (κ2) is 6.74. The molecule has 1 aromatic carbocycles. The number of fused-ring (bicyclic) bond motifs is 2. The van der Waals surface area contributed by atoms with Gasteiger partial charge in [-0.05, 0) is 37.1 Å². The van der Waals surface area contributed by atoms with Crippen molar-refractivity contribution in [2.24, 2.45) is 0 Å². The molecule has 5 rings (SSSR count). The lowest BCUT2D eigenvalue weighted by atomic mass is 10.3. The van der Waals surface area contributed by atoms with Crippen LogP contribution in [0, 0.1) is 0 Å². The van der Waals surface area contributed by atoms with Gasteiger partial charge in [0.15, 0.2) is 5.58 Å². The highest BCUT2D eigenvalue weighted by molar-refractivity contribution is 7.99. The number of imidazole rings is 1. The molecule has 6 nitrogen and oxygen atoms in total. The topological polar surface area (TPSA) is 63.6 Å². The third-order valence-corrected chi connectivity index (χ3v) is 5.54. The molecule has 1 aliphatic carbocycles. The molecule has 1 fully saturated rings. The van der Waals surface area contributed by atoms with Crippen molar-refractivity contribution < 1.29 is 9.21 Å². The molecule has 1 aliphatic rings. The fourth-order valence-corrected chi connectivity index (χ4v) is 3.93. The first kappa shape index (κ1) is 16.4. The number of para-hydroxylation sites is 2. The number of benzene rings is 1. The zero-order valence-electron chi connectivity index (χ0n) is 14.6. The Morgan fingerprint density at radius 2 is 2.07 bits per heavy atom. The first-order chi connectivity index (χ1) is 13.3. The number of hydrogen-bond acceptors (Lipinski definition) is 5. The van der Waals surface area contributed by atoms with Crippen molar-refractivity contribution in [1.82, 2.24) is 19.3 Å². The van der Waals surface area contributed by atoms with Gasteiger partial charge in [0.05, 0.1) is 24.2 Å². The number of carbonyl (C=O) groups excluding carboxylic acids is 1. The molecule has 0 aliphatic heterocycles. The summed E-state index contributed by atoms with van der Waals surface area (Å²) in [6, 6.07) is 13.9. The van der Waals surface area contributed by atoms with Crippen LogP contribution in [0.5, 0.6) is 0 Å². The van der Waals surface area contributed by atoms with E-state index in [1.807, 2.05) is 64.2 Å². The molecule has 136 valence electrons. The van der Waals surface area contributed by atoms with E-state index in [1.165, 1.54) is 11.8 Å². The van der Waals surface area contributed by atoms with Crippen LogP contribution in [0.2, 0.25) is 0 Å². The van der Waals surface area contributed by atoms with Crippen LogP contribution in [0.4, 0.5) is 0 Å². The highest BCUT2D eigenvalue weighted by atomic mass is 32.2. The first-order valence-corrected chi connectivity index (χ1v) is 9.95. The van der Waals surface area contributed by atoms with Crippen molar-refractivity contribution in [2.45, 2.75) is 30.7 Å². The minimum absolute atomic E-state index is 0.107. The van der Waals surface area contributed by atoms with Crippen molar-refractivity contribution in [3.63, 3.8) is 0 Å². The molecule has 0 spiro atoms. The Hall–Kier alpha value is -2.80. The van der Waals surface area contributed by atoms with Gasteiger partial charge in [0.1, 0.15) is 11.2 Å². The Labute approximate surface area is 160 Å². The van der Waals surface area contributed by atoms with Gasteiger partial charge in [-0.15, -0.1) is 0 Å². The zero-order chi connectivity index (χ0) is 18.2. The lowest BCUT2D eigenvalue weighted by molar-refractivity contribution is -0.129. The van der Waals surface area contributed by atoms with Crippen LogP contribution in [-0.4, -0.2) is 37.0 Å². The number of oxazole rings is 1. The normalized spacial score (nSPS) is 14.1. The summed E-state index contributed by atoms with van der Waals surface area (Å²) < 4.78 is 7.74. The average molecular weight is 378 g/mol. The number of amides is 1. The molecular formula is C20H18N4O2S. The number of rotatable bonds is 6. The molecule has 7 heteroatoms. The van der Waals surface area contributed by atoms with Gasteiger partial charge in [0, 0.05) is 12.2 Å². The number of nitrogens with zero attached hydrogens (tertiary/aromatic N) is 4. The summed E-state index contributed by atoms with van der Waals surface area (Å²) in [7, 11) is 0. The molecular weight excluding hydrogens is 360 g/mol.